The van der Waals surface area contributed by atoms with E-state index in [1.807, 2.05) is 6.20 Å². The molecular weight excluding hydrogens is 627 g/mol. The van der Waals surface area contributed by atoms with Gasteiger partial charge in [0, 0.05) is 17.3 Å². The topological polar surface area (TPSA) is 12.9 Å². The van der Waals surface area contributed by atoms with Crippen LogP contribution in [-0.4, -0.2) is 4.98 Å². The molecule has 0 atom stereocenters. The molecule has 10 rings (SSSR count). The molecule has 1 aliphatic rings. The Kier molecular flexibility index (Phi) is 7.64. The molecule has 248 valence electrons. The fraction of sp³-hybridized carbons (Fsp3) is 0.118. The number of rotatable bonds is 5. The van der Waals surface area contributed by atoms with Crippen LogP contribution in [-0.2, 0) is 0 Å². The normalized spacial score (nSPS) is 13.7. The molecule has 0 N–H and O–H groups in total. The quantitative estimate of drug-likeness (QED) is 0.167. The fourth-order valence-corrected chi connectivity index (χ4v) is 8.95. The first-order chi connectivity index (χ1) is 25.8. The van der Waals surface area contributed by atoms with Crippen molar-refractivity contribution in [2.75, 3.05) is 0 Å². The predicted octanol–water partition coefficient (Wildman–Crippen LogP) is 14.4. The summed E-state index contributed by atoms with van der Waals surface area (Å²) in [6, 6.07) is 60.5. The zero-order chi connectivity index (χ0) is 34.4. The Bertz CT molecular complexity index is 2690. The number of aromatic nitrogens is 1. The molecule has 1 saturated carbocycles. The van der Waals surface area contributed by atoms with E-state index in [-0.39, 0.29) is 0 Å². The first kappa shape index (κ1) is 30.7. The molecule has 52 heavy (non-hydrogen) atoms. The highest BCUT2D eigenvalue weighted by atomic mass is 14.7. The van der Waals surface area contributed by atoms with Gasteiger partial charge in [-0.05, 0) is 107 Å². The van der Waals surface area contributed by atoms with Crippen LogP contribution in [0.15, 0.2) is 170 Å². The molecule has 1 nitrogen and oxygen atoms in total. The number of hydrogen-bond acceptors (Lipinski definition) is 1. The van der Waals surface area contributed by atoms with Crippen molar-refractivity contribution in [2.45, 2.75) is 38.0 Å². The first-order valence-electron chi connectivity index (χ1n) is 18.8. The molecule has 1 heteroatoms. The highest BCUT2D eigenvalue weighted by molar-refractivity contribution is 6.23. The van der Waals surface area contributed by atoms with Crippen molar-refractivity contribution in [3.8, 4) is 44.6 Å². The van der Waals surface area contributed by atoms with Crippen LogP contribution < -0.4 is 0 Å². The van der Waals surface area contributed by atoms with Crippen molar-refractivity contribution in [3.63, 3.8) is 0 Å². The van der Waals surface area contributed by atoms with Gasteiger partial charge in [-0.2, -0.15) is 0 Å². The molecule has 0 unspecified atom stereocenters. The Labute approximate surface area is 305 Å². The summed E-state index contributed by atoms with van der Waals surface area (Å²) in [4.78, 5) is 4.89. The van der Waals surface area contributed by atoms with Gasteiger partial charge in [-0.1, -0.05) is 171 Å². The second-order valence-corrected chi connectivity index (χ2v) is 14.5. The van der Waals surface area contributed by atoms with Gasteiger partial charge in [0.1, 0.15) is 0 Å². The van der Waals surface area contributed by atoms with E-state index in [0.29, 0.717) is 5.92 Å². The van der Waals surface area contributed by atoms with Crippen LogP contribution in [0.3, 0.4) is 0 Å². The molecule has 0 amide bonds. The number of hydrogen-bond donors (Lipinski definition) is 0. The molecule has 9 aromatic rings. The van der Waals surface area contributed by atoms with Crippen LogP contribution in [0.25, 0.3) is 87.7 Å². The Balaban J connectivity index is 1.07. The van der Waals surface area contributed by atoms with Crippen molar-refractivity contribution in [1.82, 2.24) is 4.98 Å². The van der Waals surface area contributed by atoms with Crippen LogP contribution in [0.5, 0.6) is 0 Å². The maximum Gasteiger partial charge on any atom is 0.0702 e. The van der Waals surface area contributed by atoms with Gasteiger partial charge in [-0.15, -0.1) is 0 Å². The van der Waals surface area contributed by atoms with E-state index in [0.717, 1.165) is 22.4 Å². The van der Waals surface area contributed by atoms with Crippen molar-refractivity contribution < 1.29 is 0 Å². The van der Waals surface area contributed by atoms with Crippen molar-refractivity contribution >= 4 is 43.1 Å². The molecule has 0 aliphatic heterocycles. The van der Waals surface area contributed by atoms with Crippen molar-refractivity contribution in [3.05, 3.63) is 176 Å². The van der Waals surface area contributed by atoms with Gasteiger partial charge in [0.05, 0.1) is 5.69 Å². The lowest BCUT2D eigenvalue weighted by atomic mass is 9.79. The number of nitrogens with zero attached hydrogens (tertiary/aromatic N) is 1. The van der Waals surface area contributed by atoms with E-state index < -0.39 is 0 Å². The van der Waals surface area contributed by atoms with E-state index >= 15 is 0 Å². The van der Waals surface area contributed by atoms with E-state index in [2.05, 4.69) is 164 Å². The van der Waals surface area contributed by atoms with Crippen molar-refractivity contribution in [1.29, 1.82) is 0 Å². The molecule has 1 aliphatic carbocycles. The maximum absolute atomic E-state index is 4.89. The highest BCUT2D eigenvalue weighted by Gasteiger charge is 2.22. The average Bonchev–Trinajstić information content (AvgIpc) is 3.23. The molecule has 1 aromatic heterocycles. The predicted molar refractivity (Wildman–Crippen MR) is 222 cm³/mol. The Morgan fingerprint density at radius 1 is 0.385 bits per heavy atom. The lowest BCUT2D eigenvalue weighted by Crippen LogP contribution is -2.05. The Morgan fingerprint density at radius 3 is 1.62 bits per heavy atom. The fourth-order valence-electron chi connectivity index (χ4n) is 8.95. The third kappa shape index (κ3) is 5.28. The molecule has 0 bridgehead atoms. The Morgan fingerprint density at radius 2 is 0.942 bits per heavy atom. The maximum atomic E-state index is 4.89. The summed E-state index contributed by atoms with van der Waals surface area (Å²) in [5.41, 5.74) is 11.1. The number of pyridine rings is 1. The van der Waals surface area contributed by atoms with Crippen LogP contribution in [0, 0.1) is 0 Å². The van der Waals surface area contributed by atoms with Gasteiger partial charge in [-0.25, -0.2) is 0 Å². The van der Waals surface area contributed by atoms with E-state index in [9.17, 15) is 0 Å². The highest BCUT2D eigenvalue weighted by Crippen LogP contribution is 2.47. The van der Waals surface area contributed by atoms with Crippen molar-refractivity contribution in [2.24, 2.45) is 0 Å². The smallest absolute Gasteiger partial charge is 0.0702 e. The first-order valence-corrected chi connectivity index (χ1v) is 18.8. The van der Waals surface area contributed by atoms with Gasteiger partial charge in [-0.3, -0.25) is 4.98 Å². The third-order valence-corrected chi connectivity index (χ3v) is 11.5. The van der Waals surface area contributed by atoms with Gasteiger partial charge < -0.3 is 0 Å². The second-order valence-electron chi connectivity index (χ2n) is 14.5. The summed E-state index contributed by atoms with van der Waals surface area (Å²) >= 11 is 0. The minimum absolute atomic E-state index is 0.657. The second kappa shape index (κ2) is 12.9. The number of benzene rings is 8. The monoisotopic (exact) mass is 665 g/mol. The zero-order valence-corrected chi connectivity index (χ0v) is 29.2. The summed E-state index contributed by atoms with van der Waals surface area (Å²) in [6.45, 7) is 0. The van der Waals surface area contributed by atoms with Gasteiger partial charge in [0.2, 0.25) is 0 Å². The summed E-state index contributed by atoms with van der Waals surface area (Å²) in [6.07, 6.45) is 8.66. The zero-order valence-electron chi connectivity index (χ0n) is 29.2. The standard InChI is InChI=1S/C51H39N/c1-2-13-36(14-3-1)41-29-30-48(43-17-7-6-16-42(41)43)51-46-20-10-8-18-44(46)50(45-19-9-11-21-47(45)51)37-25-22-35(23-26-37)40-28-31-49(52-33-40)39-27-24-34-12-4-5-15-38(34)32-39/h4-12,15-33,36H,1-3,13-14H2. The molecule has 1 fully saturated rings. The molecule has 0 spiro atoms. The van der Waals surface area contributed by atoms with E-state index in [1.165, 1.54) is 103 Å². The largest absolute Gasteiger partial charge is 0.256 e. The SMILES string of the molecule is c1ccc2cc(-c3ccc(-c4ccc(-c5c6ccccc6c(-c6ccc(C7CCCCC7)c7ccccc67)c6ccccc56)cc4)cn3)ccc2c1. The minimum atomic E-state index is 0.657. The van der Waals surface area contributed by atoms with Crippen LogP contribution >= 0.6 is 0 Å². The summed E-state index contributed by atoms with van der Waals surface area (Å²) in [5, 5.41) is 10.4. The van der Waals surface area contributed by atoms with Crippen LogP contribution in [0.2, 0.25) is 0 Å². The molecule has 0 saturated heterocycles. The van der Waals surface area contributed by atoms with Gasteiger partial charge in [0.15, 0.2) is 0 Å². The molecule has 1 heterocycles. The van der Waals surface area contributed by atoms with E-state index in [4.69, 9.17) is 4.98 Å². The summed E-state index contributed by atoms with van der Waals surface area (Å²) in [7, 11) is 0. The molecule has 8 aromatic carbocycles. The summed E-state index contributed by atoms with van der Waals surface area (Å²) < 4.78 is 0. The molecule has 0 radical (unpaired) electrons. The van der Waals surface area contributed by atoms with Gasteiger partial charge >= 0.3 is 0 Å². The van der Waals surface area contributed by atoms with Crippen LogP contribution in [0.4, 0.5) is 0 Å². The third-order valence-electron chi connectivity index (χ3n) is 11.5. The lowest BCUT2D eigenvalue weighted by molar-refractivity contribution is 0.445. The van der Waals surface area contributed by atoms with Crippen LogP contribution in [0.1, 0.15) is 43.6 Å². The Hall–Kier alpha value is -6.05. The van der Waals surface area contributed by atoms with Gasteiger partial charge in [0.25, 0.3) is 0 Å². The minimum Gasteiger partial charge on any atom is -0.256 e. The number of fused-ring (bicyclic) bond motifs is 4. The lowest BCUT2D eigenvalue weighted by Gasteiger charge is -2.25. The van der Waals surface area contributed by atoms with E-state index in [1.54, 1.807) is 0 Å². The molecular formula is C51H39N. The summed E-state index contributed by atoms with van der Waals surface area (Å²) in [5.74, 6) is 0.657. The average molecular weight is 666 g/mol.